The highest BCUT2D eigenvalue weighted by Crippen LogP contribution is 2.42. The van der Waals surface area contributed by atoms with E-state index in [0.717, 1.165) is 24.2 Å². The van der Waals surface area contributed by atoms with Crippen molar-refractivity contribution < 1.29 is 0 Å². The van der Waals surface area contributed by atoms with E-state index < -0.39 is 8.40 Å². The lowest BCUT2D eigenvalue weighted by molar-refractivity contribution is 0.765. The Kier molecular flexibility index (Phi) is 3.95. The summed E-state index contributed by atoms with van der Waals surface area (Å²) < 4.78 is 0. The summed E-state index contributed by atoms with van der Waals surface area (Å²) in [6.07, 6.45) is 2.82. The lowest BCUT2D eigenvalue weighted by Gasteiger charge is -2.36. The smallest absolute Gasteiger partial charge is 0.207 e. The molecule has 0 aromatic heterocycles. The van der Waals surface area contributed by atoms with Gasteiger partial charge in [-0.1, -0.05) is 40.5 Å². The van der Waals surface area contributed by atoms with Gasteiger partial charge < -0.3 is 9.96 Å². The Labute approximate surface area is 83.7 Å². The van der Waals surface area contributed by atoms with E-state index >= 15 is 0 Å². The Morgan fingerprint density at radius 2 is 1.38 bits per heavy atom. The molecule has 1 rings (SSSR count). The molecule has 2 nitrogen and oxygen atoms in total. The van der Waals surface area contributed by atoms with E-state index in [0.29, 0.717) is 0 Å². The van der Waals surface area contributed by atoms with Gasteiger partial charge in [0.25, 0.3) is 0 Å². The summed E-state index contributed by atoms with van der Waals surface area (Å²) in [4.78, 5) is 7.57. The van der Waals surface area contributed by atoms with Gasteiger partial charge in [-0.15, -0.1) is 0 Å². The van der Waals surface area contributed by atoms with Crippen LogP contribution in [0.5, 0.6) is 0 Å². The predicted molar refractivity (Wildman–Crippen MR) is 61.2 cm³/mol. The van der Waals surface area contributed by atoms with Crippen molar-refractivity contribution in [3.05, 3.63) is 0 Å². The summed E-state index contributed by atoms with van der Waals surface area (Å²) in [5.74, 6) is 0. The fraction of sp³-hybridized carbons (Fsp3) is 1.00. The van der Waals surface area contributed by atoms with Crippen LogP contribution in [0.4, 0.5) is 0 Å². The monoisotopic (exact) mass is 200 g/mol. The molecule has 0 aliphatic carbocycles. The fourth-order valence-corrected chi connectivity index (χ4v) is 7.69. The summed E-state index contributed by atoms with van der Waals surface area (Å²) >= 11 is 0. The molecule has 1 aliphatic heterocycles. The van der Waals surface area contributed by atoms with Crippen LogP contribution >= 0.6 is 0 Å². The first-order chi connectivity index (χ1) is 6.17. The second kappa shape index (κ2) is 4.58. The molecule has 0 amide bonds. The van der Waals surface area contributed by atoms with Crippen LogP contribution in [0.3, 0.4) is 0 Å². The van der Waals surface area contributed by atoms with Crippen LogP contribution in [0.15, 0.2) is 0 Å². The van der Waals surface area contributed by atoms with E-state index in [1.54, 1.807) is 0 Å². The first-order valence-electron chi connectivity index (χ1n) is 5.67. The van der Waals surface area contributed by atoms with Crippen LogP contribution in [-0.2, 0) is 0 Å². The quantitative estimate of drug-likeness (QED) is 0.680. The summed E-state index contributed by atoms with van der Waals surface area (Å²) in [6.45, 7) is 11.5. The number of hydrogen-bond donors (Lipinski definition) is 2. The number of rotatable bonds is 4. The third-order valence-corrected chi connectivity index (χ3v) is 9.09. The van der Waals surface area contributed by atoms with Crippen molar-refractivity contribution in [3.63, 3.8) is 0 Å². The maximum Gasteiger partial charge on any atom is 0.207 e. The van der Waals surface area contributed by atoms with Crippen molar-refractivity contribution in [1.29, 1.82) is 0 Å². The summed E-state index contributed by atoms with van der Waals surface area (Å²) in [7, 11) is -1.34. The standard InChI is InChI=1S/C10H24N2Si/c1-5-11-13(12-6-2)9(3)7-8-10(13)4/h9-12H,5-8H2,1-4H3. The maximum atomic E-state index is 3.79. The summed E-state index contributed by atoms with van der Waals surface area (Å²) in [5, 5.41) is 0. The Balaban J connectivity index is 2.73. The SMILES string of the molecule is CCN[Si]1(NCC)C(C)CCC1C. The molecule has 1 aliphatic rings. The Morgan fingerprint density at radius 1 is 1.00 bits per heavy atom. The first kappa shape index (κ1) is 11.2. The van der Waals surface area contributed by atoms with Crippen molar-refractivity contribution in [2.75, 3.05) is 13.1 Å². The highest BCUT2D eigenvalue weighted by Gasteiger charge is 2.47. The largest absolute Gasteiger partial charge is 0.325 e. The molecule has 2 unspecified atom stereocenters. The lowest BCUT2D eigenvalue weighted by atomic mass is 10.2. The second-order valence-electron chi connectivity index (χ2n) is 4.31. The summed E-state index contributed by atoms with van der Waals surface area (Å²) in [6, 6.07) is 0. The van der Waals surface area contributed by atoms with Crippen LogP contribution in [-0.4, -0.2) is 21.5 Å². The zero-order valence-corrected chi connectivity index (χ0v) is 10.5. The van der Waals surface area contributed by atoms with Gasteiger partial charge in [0, 0.05) is 0 Å². The van der Waals surface area contributed by atoms with Gasteiger partial charge in [-0.2, -0.15) is 0 Å². The molecule has 0 radical (unpaired) electrons. The van der Waals surface area contributed by atoms with Crippen molar-refractivity contribution in [2.45, 2.75) is 51.6 Å². The molecule has 0 saturated carbocycles. The molecule has 78 valence electrons. The molecule has 0 bridgehead atoms. The van der Waals surface area contributed by atoms with Gasteiger partial charge in [-0.25, -0.2) is 0 Å². The zero-order valence-electron chi connectivity index (χ0n) is 9.48. The van der Waals surface area contributed by atoms with Crippen LogP contribution in [0.1, 0.15) is 40.5 Å². The van der Waals surface area contributed by atoms with E-state index in [9.17, 15) is 0 Å². The fourth-order valence-electron chi connectivity index (χ4n) is 2.79. The molecule has 1 heterocycles. The molecule has 0 aromatic rings. The van der Waals surface area contributed by atoms with Gasteiger partial charge in [-0.05, 0) is 24.2 Å². The molecule has 1 fully saturated rings. The highest BCUT2D eigenvalue weighted by molar-refractivity contribution is 6.78. The highest BCUT2D eigenvalue weighted by atomic mass is 28.3. The minimum Gasteiger partial charge on any atom is -0.325 e. The van der Waals surface area contributed by atoms with Crippen LogP contribution < -0.4 is 9.96 Å². The topological polar surface area (TPSA) is 24.1 Å². The normalized spacial score (nSPS) is 32.3. The number of nitrogens with one attached hydrogen (secondary N) is 2. The average Bonchev–Trinajstić information content (AvgIpc) is 2.35. The third kappa shape index (κ3) is 1.97. The van der Waals surface area contributed by atoms with Crippen molar-refractivity contribution in [1.82, 2.24) is 9.96 Å². The van der Waals surface area contributed by atoms with Crippen LogP contribution in [0, 0.1) is 0 Å². The van der Waals surface area contributed by atoms with Gasteiger partial charge >= 0.3 is 0 Å². The van der Waals surface area contributed by atoms with Gasteiger partial charge in [0.05, 0.1) is 0 Å². The van der Waals surface area contributed by atoms with Gasteiger partial charge in [0.1, 0.15) is 0 Å². The minimum absolute atomic E-state index is 0.891. The van der Waals surface area contributed by atoms with Gasteiger partial charge in [-0.3, -0.25) is 0 Å². The zero-order chi connectivity index (χ0) is 9.90. The molecule has 13 heavy (non-hydrogen) atoms. The Bertz CT molecular complexity index is 143. The molecular formula is C10H24N2Si. The van der Waals surface area contributed by atoms with Gasteiger partial charge in [0.2, 0.25) is 8.40 Å². The average molecular weight is 200 g/mol. The van der Waals surface area contributed by atoms with Crippen molar-refractivity contribution in [3.8, 4) is 0 Å². The van der Waals surface area contributed by atoms with Gasteiger partial charge in [0.15, 0.2) is 0 Å². The lowest BCUT2D eigenvalue weighted by Crippen LogP contribution is -2.65. The van der Waals surface area contributed by atoms with Crippen molar-refractivity contribution in [2.24, 2.45) is 0 Å². The number of hydrogen-bond acceptors (Lipinski definition) is 2. The Morgan fingerprint density at radius 3 is 1.69 bits per heavy atom. The van der Waals surface area contributed by atoms with E-state index in [1.807, 2.05) is 0 Å². The van der Waals surface area contributed by atoms with E-state index in [-0.39, 0.29) is 0 Å². The minimum atomic E-state index is -1.34. The predicted octanol–water partition coefficient (Wildman–Crippen LogP) is 2.22. The molecule has 3 heteroatoms. The molecular weight excluding hydrogens is 176 g/mol. The molecule has 2 atom stereocenters. The first-order valence-corrected chi connectivity index (χ1v) is 7.82. The second-order valence-corrected chi connectivity index (χ2v) is 8.73. The van der Waals surface area contributed by atoms with Crippen LogP contribution in [0.25, 0.3) is 0 Å². The Hall–Kier alpha value is 0.137. The molecule has 1 saturated heterocycles. The van der Waals surface area contributed by atoms with E-state index in [1.165, 1.54) is 12.8 Å². The third-order valence-electron chi connectivity index (χ3n) is 3.53. The van der Waals surface area contributed by atoms with E-state index in [4.69, 9.17) is 0 Å². The van der Waals surface area contributed by atoms with Crippen molar-refractivity contribution >= 4 is 8.40 Å². The van der Waals surface area contributed by atoms with E-state index in [2.05, 4.69) is 37.7 Å². The van der Waals surface area contributed by atoms with Crippen LogP contribution in [0.2, 0.25) is 11.1 Å². The molecule has 0 aromatic carbocycles. The maximum absolute atomic E-state index is 3.79. The molecule has 0 spiro atoms. The summed E-state index contributed by atoms with van der Waals surface area (Å²) in [5.41, 5.74) is 1.78. The molecule has 2 N–H and O–H groups in total.